The molecule has 1 unspecified atom stereocenters. The molecule has 1 N–H and O–H groups in total. The van der Waals surface area contributed by atoms with E-state index in [4.69, 9.17) is 0 Å². The van der Waals surface area contributed by atoms with Crippen LogP contribution in [0.15, 0.2) is 18.3 Å². The Balaban J connectivity index is 2.69. The number of carbonyl (C=O) groups is 1. The lowest BCUT2D eigenvalue weighted by Crippen LogP contribution is -2.20. The summed E-state index contributed by atoms with van der Waals surface area (Å²) in [6.45, 7) is 3.72. The van der Waals surface area contributed by atoms with E-state index in [1.54, 1.807) is 13.1 Å². The SMILES string of the molecule is Cc1ccnc(NC(=O)C(C)Br)c1. The van der Waals surface area contributed by atoms with Gasteiger partial charge in [0, 0.05) is 6.20 Å². The van der Waals surface area contributed by atoms with Crippen molar-refractivity contribution in [3.05, 3.63) is 23.9 Å². The Labute approximate surface area is 85.7 Å². The molecule has 0 aliphatic heterocycles. The molecule has 1 heterocycles. The van der Waals surface area contributed by atoms with Gasteiger partial charge in [-0.2, -0.15) is 0 Å². The number of alkyl halides is 1. The van der Waals surface area contributed by atoms with Gasteiger partial charge in [-0.15, -0.1) is 0 Å². The monoisotopic (exact) mass is 242 g/mol. The Morgan fingerprint density at radius 3 is 2.92 bits per heavy atom. The van der Waals surface area contributed by atoms with Crippen molar-refractivity contribution in [1.29, 1.82) is 0 Å². The number of anilines is 1. The van der Waals surface area contributed by atoms with Crippen LogP contribution in [-0.4, -0.2) is 15.7 Å². The molecule has 0 fully saturated rings. The zero-order valence-electron chi connectivity index (χ0n) is 7.54. The molecule has 1 aromatic heterocycles. The van der Waals surface area contributed by atoms with Gasteiger partial charge in [-0.1, -0.05) is 15.9 Å². The molecule has 0 aliphatic rings. The number of aromatic nitrogens is 1. The maximum atomic E-state index is 11.2. The van der Waals surface area contributed by atoms with E-state index in [2.05, 4.69) is 26.2 Å². The van der Waals surface area contributed by atoms with Gasteiger partial charge in [-0.05, 0) is 31.5 Å². The van der Waals surface area contributed by atoms with Crippen molar-refractivity contribution in [2.45, 2.75) is 18.7 Å². The molecule has 0 spiro atoms. The van der Waals surface area contributed by atoms with Crippen LogP contribution in [0.4, 0.5) is 5.82 Å². The second-order valence-corrected chi connectivity index (χ2v) is 4.20. The van der Waals surface area contributed by atoms with Gasteiger partial charge < -0.3 is 5.32 Å². The summed E-state index contributed by atoms with van der Waals surface area (Å²) in [4.78, 5) is 15.0. The summed E-state index contributed by atoms with van der Waals surface area (Å²) in [6.07, 6.45) is 1.67. The third kappa shape index (κ3) is 3.14. The van der Waals surface area contributed by atoms with Crippen molar-refractivity contribution in [1.82, 2.24) is 4.98 Å². The van der Waals surface area contributed by atoms with E-state index < -0.39 is 0 Å². The number of aryl methyl sites for hydroxylation is 1. The molecule has 3 nitrogen and oxygen atoms in total. The summed E-state index contributed by atoms with van der Waals surface area (Å²) in [5.41, 5.74) is 1.08. The van der Waals surface area contributed by atoms with Gasteiger partial charge in [0.2, 0.25) is 5.91 Å². The van der Waals surface area contributed by atoms with E-state index in [0.29, 0.717) is 5.82 Å². The van der Waals surface area contributed by atoms with Crippen LogP contribution in [0.25, 0.3) is 0 Å². The summed E-state index contributed by atoms with van der Waals surface area (Å²) in [5.74, 6) is 0.509. The van der Waals surface area contributed by atoms with Crippen molar-refractivity contribution in [2.24, 2.45) is 0 Å². The van der Waals surface area contributed by atoms with Crippen molar-refractivity contribution < 1.29 is 4.79 Å². The highest BCUT2D eigenvalue weighted by Gasteiger charge is 2.08. The minimum atomic E-state index is -0.199. The van der Waals surface area contributed by atoms with Crippen LogP contribution in [0, 0.1) is 6.92 Å². The average Bonchev–Trinajstić information content (AvgIpc) is 2.04. The number of halogens is 1. The van der Waals surface area contributed by atoms with Crippen LogP contribution in [0.3, 0.4) is 0 Å². The van der Waals surface area contributed by atoms with E-state index in [1.165, 1.54) is 0 Å². The molecule has 0 saturated carbocycles. The van der Waals surface area contributed by atoms with Gasteiger partial charge in [0.1, 0.15) is 5.82 Å². The third-order valence-corrected chi connectivity index (χ3v) is 1.94. The molecular formula is C9H11BrN2O. The average molecular weight is 243 g/mol. The lowest BCUT2D eigenvalue weighted by Gasteiger charge is -2.05. The molecule has 13 heavy (non-hydrogen) atoms. The summed E-state index contributed by atoms with van der Waals surface area (Å²) >= 11 is 3.18. The minimum Gasteiger partial charge on any atom is -0.310 e. The summed E-state index contributed by atoms with van der Waals surface area (Å²) < 4.78 is 0. The standard InChI is InChI=1S/C9H11BrN2O/c1-6-3-4-11-8(5-6)12-9(13)7(2)10/h3-5,7H,1-2H3,(H,11,12,13). The van der Waals surface area contributed by atoms with Crippen molar-refractivity contribution >= 4 is 27.7 Å². The topological polar surface area (TPSA) is 42.0 Å². The van der Waals surface area contributed by atoms with Crippen LogP contribution in [0.1, 0.15) is 12.5 Å². The predicted octanol–water partition coefficient (Wildman–Crippen LogP) is 2.11. The minimum absolute atomic E-state index is 0.0851. The largest absolute Gasteiger partial charge is 0.310 e. The van der Waals surface area contributed by atoms with Crippen LogP contribution < -0.4 is 5.32 Å². The maximum absolute atomic E-state index is 11.2. The first-order valence-electron chi connectivity index (χ1n) is 3.97. The van der Waals surface area contributed by atoms with E-state index in [0.717, 1.165) is 5.56 Å². The fraction of sp³-hybridized carbons (Fsp3) is 0.333. The molecule has 1 atom stereocenters. The first-order chi connectivity index (χ1) is 6.09. The number of hydrogen-bond donors (Lipinski definition) is 1. The Morgan fingerprint density at radius 1 is 1.69 bits per heavy atom. The second kappa shape index (κ2) is 4.37. The fourth-order valence-corrected chi connectivity index (χ4v) is 0.945. The maximum Gasteiger partial charge on any atom is 0.239 e. The van der Waals surface area contributed by atoms with Gasteiger partial charge in [0.05, 0.1) is 4.83 Å². The summed E-state index contributed by atoms with van der Waals surface area (Å²) in [6, 6.07) is 3.71. The van der Waals surface area contributed by atoms with Crippen LogP contribution >= 0.6 is 15.9 Å². The Morgan fingerprint density at radius 2 is 2.38 bits per heavy atom. The quantitative estimate of drug-likeness (QED) is 0.808. The summed E-state index contributed by atoms with van der Waals surface area (Å²) in [5, 5.41) is 2.69. The van der Waals surface area contributed by atoms with Gasteiger partial charge >= 0.3 is 0 Å². The van der Waals surface area contributed by atoms with Gasteiger partial charge in [-0.3, -0.25) is 4.79 Å². The van der Waals surface area contributed by atoms with E-state index in [-0.39, 0.29) is 10.7 Å². The fourth-order valence-electron chi connectivity index (χ4n) is 0.830. The highest BCUT2D eigenvalue weighted by molar-refractivity contribution is 9.10. The second-order valence-electron chi connectivity index (χ2n) is 2.82. The molecule has 4 heteroatoms. The number of carbonyl (C=O) groups excluding carboxylic acids is 1. The number of amides is 1. The zero-order chi connectivity index (χ0) is 9.84. The molecule has 1 amide bonds. The highest BCUT2D eigenvalue weighted by atomic mass is 79.9. The Hall–Kier alpha value is -0.900. The van der Waals surface area contributed by atoms with Crippen LogP contribution in [-0.2, 0) is 4.79 Å². The molecule has 70 valence electrons. The van der Waals surface area contributed by atoms with Crippen molar-refractivity contribution in [3.8, 4) is 0 Å². The molecule has 1 aromatic rings. The molecular weight excluding hydrogens is 232 g/mol. The van der Waals surface area contributed by atoms with Crippen LogP contribution in [0.5, 0.6) is 0 Å². The molecule has 0 saturated heterocycles. The number of nitrogens with zero attached hydrogens (tertiary/aromatic N) is 1. The third-order valence-electron chi connectivity index (χ3n) is 1.53. The van der Waals surface area contributed by atoms with Gasteiger partial charge in [0.15, 0.2) is 0 Å². The van der Waals surface area contributed by atoms with Crippen molar-refractivity contribution in [3.63, 3.8) is 0 Å². The smallest absolute Gasteiger partial charge is 0.239 e. The predicted molar refractivity (Wildman–Crippen MR) is 56.0 cm³/mol. The number of nitrogens with one attached hydrogen (secondary N) is 1. The van der Waals surface area contributed by atoms with Gasteiger partial charge in [-0.25, -0.2) is 4.98 Å². The zero-order valence-corrected chi connectivity index (χ0v) is 9.13. The molecule has 0 aliphatic carbocycles. The molecule has 0 radical (unpaired) electrons. The highest BCUT2D eigenvalue weighted by Crippen LogP contribution is 2.07. The molecule has 0 bridgehead atoms. The van der Waals surface area contributed by atoms with Crippen molar-refractivity contribution in [2.75, 3.05) is 5.32 Å². The normalized spacial score (nSPS) is 12.2. The van der Waals surface area contributed by atoms with E-state index in [9.17, 15) is 4.79 Å². The van der Waals surface area contributed by atoms with Gasteiger partial charge in [0.25, 0.3) is 0 Å². The molecule has 0 aromatic carbocycles. The van der Waals surface area contributed by atoms with E-state index >= 15 is 0 Å². The number of pyridine rings is 1. The van der Waals surface area contributed by atoms with Crippen LogP contribution in [0.2, 0.25) is 0 Å². The Kier molecular flexibility index (Phi) is 3.42. The lowest BCUT2D eigenvalue weighted by molar-refractivity contribution is -0.115. The Bertz CT molecular complexity index is 312. The number of rotatable bonds is 2. The summed E-state index contributed by atoms with van der Waals surface area (Å²) in [7, 11) is 0. The first-order valence-corrected chi connectivity index (χ1v) is 4.89. The van der Waals surface area contributed by atoms with E-state index in [1.807, 2.05) is 19.1 Å². The first kappa shape index (κ1) is 10.2. The molecule has 1 rings (SSSR count). The number of hydrogen-bond acceptors (Lipinski definition) is 2. The lowest BCUT2D eigenvalue weighted by atomic mass is 10.3.